The van der Waals surface area contributed by atoms with E-state index in [0.717, 1.165) is 29.3 Å². The van der Waals surface area contributed by atoms with Crippen molar-refractivity contribution in [2.75, 3.05) is 0 Å². The number of ether oxygens (including phenoxy) is 1. The maximum atomic E-state index is 13.9. The summed E-state index contributed by atoms with van der Waals surface area (Å²) in [5.74, 6) is -4.74. The smallest absolute Gasteiger partial charge is 0.416 e. The molecule has 1 saturated heterocycles. The number of nitrogens with zero attached hydrogens (tertiary/aromatic N) is 2. The van der Waals surface area contributed by atoms with E-state index in [2.05, 4.69) is 0 Å². The predicted molar refractivity (Wildman–Crippen MR) is 108 cm³/mol. The Bertz CT molecular complexity index is 1110. The van der Waals surface area contributed by atoms with Crippen molar-refractivity contribution in [1.29, 1.82) is 5.26 Å². The first-order chi connectivity index (χ1) is 15.4. The number of amides is 2. The Morgan fingerprint density at radius 3 is 2.36 bits per heavy atom. The number of carbonyl (C=O) groups is 3. The monoisotopic (exact) mass is 462 g/mol. The Labute approximate surface area is 187 Å². The molecule has 0 spiro atoms. The topological polar surface area (TPSA) is 140 Å². The molecule has 0 radical (unpaired) electrons. The first-order valence-corrected chi connectivity index (χ1v) is 9.91. The number of primary amides is 2. The third kappa shape index (κ3) is 3.82. The van der Waals surface area contributed by atoms with E-state index < -0.39 is 64.6 Å². The molecule has 3 rings (SSSR count). The number of carbonyl (C=O) groups excluding carboxylic acids is 3. The highest BCUT2D eigenvalue weighted by molar-refractivity contribution is 5.96. The van der Waals surface area contributed by atoms with Crippen LogP contribution in [0.1, 0.15) is 30.9 Å². The maximum absolute atomic E-state index is 13.9. The SMILES string of the molecule is CC(C)OC(=O)[C@]1(C#N)[C@H](c2ccccc2C(F)(F)F)[C@@H](C(N)=O)N2C=C(C(N)=O)C=C[C@H]21. The van der Waals surface area contributed by atoms with Crippen LogP contribution in [0.5, 0.6) is 0 Å². The van der Waals surface area contributed by atoms with E-state index in [1.165, 1.54) is 32.1 Å². The lowest BCUT2D eigenvalue weighted by Crippen LogP contribution is -2.46. The van der Waals surface area contributed by atoms with E-state index in [0.29, 0.717) is 0 Å². The molecule has 1 fully saturated rings. The van der Waals surface area contributed by atoms with Gasteiger partial charge >= 0.3 is 12.1 Å². The van der Waals surface area contributed by atoms with Gasteiger partial charge in [-0.2, -0.15) is 18.4 Å². The first-order valence-electron chi connectivity index (χ1n) is 9.91. The van der Waals surface area contributed by atoms with E-state index >= 15 is 0 Å². The Hall–Kier alpha value is -3.81. The van der Waals surface area contributed by atoms with Crippen molar-refractivity contribution in [3.63, 3.8) is 0 Å². The van der Waals surface area contributed by atoms with E-state index in [-0.39, 0.29) is 5.57 Å². The molecule has 0 aromatic heterocycles. The second-order valence-electron chi connectivity index (χ2n) is 8.04. The molecule has 174 valence electrons. The zero-order chi connectivity index (χ0) is 24.7. The number of halogens is 3. The van der Waals surface area contributed by atoms with Gasteiger partial charge in [-0.05, 0) is 31.6 Å². The van der Waals surface area contributed by atoms with Gasteiger partial charge in [-0.15, -0.1) is 0 Å². The molecule has 4 N–H and O–H groups in total. The molecule has 2 aliphatic rings. The minimum absolute atomic E-state index is 0.0775. The quantitative estimate of drug-likeness (QED) is 0.639. The van der Waals surface area contributed by atoms with Crippen LogP contribution in [0.3, 0.4) is 0 Å². The fraction of sp³-hybridized carbons (Fsp3) is 0.364. The van der Waals surface area contributed by atoms with Gasteiger partial charge < -0.3 is 21.1 Å². The van der Waals surface area contributed by atoms with Crippen LogP contribution < -0.4 is 11.5 Å². The third-order valence-electron chi connectivity index (χ3n) is 5.70. The van der Waals surface area contributed by atoms with Gasteiger partial charge in [-0.25, -0.2) is 0 Å². The van der Waals surface area contributed by atoms with Crippen LogP contribution in [-0.4, -0.2) is 40.9 Å². The van der Waals surface area contributed by atoms with Crippen molar-refractivity contribution < 1.29 is 32.3 Å². The van der Waals surface area contributed by atoms with Crippen molar-refractivity contribution >= 4 is 17.8 Å². The number of benzene rings is 1. The molecule has 11 heteroatoms. The van der Waals surface area contributed by atoms with Crippen molar-refractivity contribution in [2.24, 2.45) is 16.9 Å². The van der Waals surface area contributed by atoms with Gasteiger partial charge in [0.15, 0.2) is 5.41 Å². The number of rotatable bonds is 5. The molecule has 0 aliphatic carbocycles. The molecule has 0 saturated carbocycles. The van der Waals surface area contributed by atoms with Crippen LogP contribution in [0.15, 0.2) is 48.2 Å². The number of nitriles is 1. The van der Waals surface area contributed by atoms with Gasteiger partial charge in [0.05, 0.1) is 29.4 Å². The van der Waals surface area contributed by atoms with Gasteiger partial charge in [0, 0.05) is 12.1 Å². The van der Waals surface area contributed by atoms with Crippen molar-refractivity contribution in [2.45, 2.75) is 44.1 Å². The zero-order valence-electron chi connectivity index (χ0n) is 17.7. The lowest BCUT2D eigenvalue weighted by Gasteiger charge is -2.33. The third-order valence-corrected chi connectivity index (χ3v) is 5.70. The van der Waals surface area contributed by atoms with Gasteiger partial charge in [-0.1, -0.05) is 24.3 Å². The molecule has 2 aliphatic heterocycles. The summed E-state index contributed by atoms with van der Waals surface area (Å²) in [6, 6.07) is 3.36. The molecule has 8 nitrogen and oxygen atoms in total. The average Bonchev–Trinajstić information content (AvgIpc) is 3.03. The van der Waals surface area contributed by atoms with E-state index in [9.17, 15) is 32.8 Å². The van der Waals surface area contributed by atoms with Crippen molar-refractivity contribution in [1.82, 2.24) is 4.90 Å². The standard InChI is InChI=1S/C22H21F3N4O4/c1-11(2)33-20(32)21(10-26)15-8-7-12(18(27)30)9-29(15)17(19(28)31)16(21)13-5-3-4-6-14(13)22(23,24)25/h3-9,11,15-17H,1-2H3,(H2,27,30)(H2,28,31)/t15-,16+,17-,21-/m0/s1. The maximum Gasteiger partial charge on any atom is 0.416 e. The number of hydrogen-bond donors (Lipinski definition) is 2. The van der Waals surface area contributed by atoms with E-state index in [1.807, 2.05) is 6.07 Å². The molecule has 2 amide bonds. The van der Waals surface area contributed by atoms with E-state index in [1.54, 1.807) is 0 Å². The molecule has 4 atom stereocenters. The molecule has 0 bridgehead atoms. The summed E-state index contributed by atoms with van der Waals surface area (Å²) in [6.07, 6.45) is -1.90. The number of hydrogen-bond acceptors (Lipinski definition) is 6. The minimum Gasteiger partial charge on any atom is -0.462 e. The second kappa shape index (κ2) is 8.27. The number of esters is 1. The largest absolute Gasteiger partial charge is 0.462 e. The Morgan fingerprint density at radius 2 is 1.85 bits per heavy atom. The summed E-state index contributed by atoms with van der Waals surface area (Å²) < 4.78 is 47.0. The molecule has 0 unspecified atom stereocenters. The van der Waals surface area contributed by atoms with Crippen LogP contribution in [0.2, 0.25) is 0 Å². The molecule has 33 heavy (non-hydrogen) atoms. The van der Waals surface area contributed by atoms with Crippen LogP contribution in [0.4, 0.5) is 13.2 Å². The first kappa shape index (κ1) is 23.8. The van der Waals surface area contributed by atoms with E-state index in [4.69, 9.17) is 16.2 Å². The van der Waals surface area contributed by atoms with Gasteiger partial charge in [-0.3, -0.25) is 14.4 Å². The lowest BCUT2D eigenvalue weighted by atomic mass is 9.67. The van der Waals surface area contributed by atoms with Crippen molar-refractivity contribution in [3.05, 3.63) is 59.3 Å². The van der Waals surface area contributed by atoms with Gasteiger partial charge in [0.2, 0.25) is 11.8 Å². The summed E-state index contributed by atoms with van der Waals surface area (Å²) in [5.41, 5.74) is 6.96. The number of fused-ring (bicyclic) bond motifs is 1. The minimum atomic E-state index is -4.85. The van der Waals surface area contributed by atoms with Crippen LogP contribution >= 0.6 is 0 Å². The molecule has 1 aromatic carbocycles. The van der Waals surface area contributed by atoms with Crippen LogP contribution in [0.25, 0.3) is 0 Å². The lowest BCUT2D eigenvalue weighted by molar-refractivity contribution is -0.158. The molecule has 1 aromatic rings. The Morgan fingerprint density at radius 1 is 1.21 bits per heavy atom. The number of nitrogens with two attached hydrogens (primary N) is 2. The van der Waals surface area contributed by atoms with Gasteiger partial charge in [0.1, 0.15) is 6.04 Å². The zero-order valence-corrected chi connectivity index (χ0v) is 17.7. The summed E-state index contributed by atoms with van der Waals surface area (Å²) in [4.78, 5) is 38.8. The molecule has 2 heterocycles. The summed E-state index contributed by atoms with van der Waals surface area (Å²) >= 11 is 0. The highest BCUT2D eigenvalue weighted by Gasteiger charge is 2.67. The predicted octanol–water partition coefficient (Wildman–Crippen LogP) is 1.73. The van der Waals surface area contributed by atoms with Crippen molar-refractivity contribution in [3.8, 4) is 6.07 Å². The van der Waals surface area contributed by atoms with Crippen LogP contribution in [0, 0.1) is 16.7 Å². The summed E-state index contributed by atoms with van der Waals surface area (Å²) in [5, 5.41) is 10.3. The van der Waals surface area contributed by atoms with Crippen LogP contribution in [-0.2, 0) is 25.3 Å². The fourth-order valence-electron chi connectivity index (χ4n) is 4.46. The summed E-state index contributed by atoms with van der Waals surface area (Å²) in [6.45, 7) is 3.03. The molecular weight excluding hydrogens is 441 g/mol. The summed E-state index contributed by atoms with van der Waals surface area (Å²) in [7, 11) is 0. The average molecular weight is 462 g/mol. The fourth-order valence-corrected chi connectivity index (χ4v) is 4.46. The highest BCUT2D eigenvalue weighted by Crippen LogP contribution is 2.55. The Kier molecular flexibility index (Phi) is 5.98. The number of alkyl halides is 3. The highest BCUT2D eigenvalue weighted by atomic mass is 19.4. The molecular formula is C22H21F3N4O4. The second-order valence-corrected chi connectivity index (χ2v) is 8.04. The normalized spacial score (nSPS) is 26.4. The Balaban J connectivity index is 2.38. The van der Waals surface area contributed by atoms with Gasteiger partial charge in [0.25, 0.3) is 0 Å².